The number of aromatic nitrogens is 2. The van der Waals surface area contributed by atoms with Crippen LogP contribution in [0.2, 0.25) is 0 Å². The summed E-state index contributed by atoms with van der Waals surface area (Å²) in [5, 5.41) is 21.2. The van der Waals surface area contributed by atoms with Crippen molar-refractivity contribution in [1.82, 2.24) is 10.2 Å². The third-order valence-electron chi connectivity index (χ3n) is 3.68. The van der Waals surface area contributed by atoms with E-state index in [1.165, 1.54) is 50.5 Å². The molecule has 0 bridgehead atoms. The zero-order valence-corrected chi connectivity index (χ0v) is 16.1. The van der Waals surface area contributed by atoms with Gasteiger partial charge in [0.2, 0.25) is 0 Å². The summed E-state index contributed by atoms with van der Waals surface area (Å²) in [7, 11) is 1.39. The van der Waals surface area contributed by atoms with Gasteiger partial charge in [-0.05, 0) is 37.4 Å². The molecule has 0 radical (unpaired) electrons. The van der Waals surface area contributed by atoms with Gasteiger partial charge in [0, 0.05) is 6.07 Å². The molecule has 28 heavy (non-hydrogen) atoms. The quantitative estimate of drug-likeness (QED) is 0.616. The number of anilines is 1. The van der Waals surface area contributed by atoms with Crippen LogP contribution in [0, 0.1) is 0 Å². The highest BCUT2D eigenvalue weighted by Gasteiger charge is 2.30. The topological polar surface area (TPSA) is 124 Å². The average molecular weight is 403 g/mol. The normalized spacial score (nSPS) is 11.1. The molecule has 1 aromatic carbocycles. The molecule has 3 aromatic rings. The van der Waals surface area contributed by atoms with Gasteiger partial charge in [-0.1, -0.05) is 11.2 Å². The number of ether oxygens (including phenoxy) is 2. The second-order valence-electron chi connectivity index (χ2n) is 6.12. The number of rotatable bonds is 7. The van der Waals surface area contributed by atoms with E-state index in [1.807, 2.05) is 17.5 Å². The Morgan fingerprint density at radius 2 is 2.04 bits per heavy atom. The maximum absolute atomic E-state index is 12.5. The lowest BCUT2D eigenvalue weighted by molar-refractivity contribution is -0.152. The summed E-state index contributed by atoms with van der Waals surface area (Å²) >= 11 is 1.43. The first-order valence-electron chi connectivity index (χ1n) is 8.09. The number of carboxylic acids is 1. The van der Waals surface area contributed by atoms with Crippen molar-refractivity contribution in [3.8, 4) is 22.3 Å². The molecule has 0 aliphatic rings. The van der Waals surface area contributed by atoms with Gasteiger partial charge in [-0.3, -0.25) is 10.1 Å². The molecular formula is C18H17N3O6S. The minimum absolute atomic E-state index is 0.0530. The zero-order chi connectivity index (χ0) is 20.3. The molecule has 0 unspecified atom stereocenters. The predicted octanol–water partition coefficient (Wildman–Crippen LogP) is 3.30. The Bertz CT molecular complexity index is 997. The number of benzene rings is 1. The second kappa shape index (κ2) is 7.69. The molecule has 2 heterocycles. The Balaban J connectivity index is 1.77. The fraction of sp³-hybridized carbons (Fsp3) is 0.222. The van der Waals surface area contributed by atoms with Gasteiger partial charge in [-0.15, -0.1) is 16.4 Å². The second-order valence-corrected chi connectivity index (χ2v) is 7.07. The van der Waals surface area contributed by atoms with Gasteiger partial charge in [0.15, 0.2) is 5.60 Å². The highest BCUT2D eigenvalue weighted by molar-refractivity contribution is 7.13. The minimum atomic E-state index is -1.43. The molecule has 0 atom stereocenters. The fourth-order valence-electron chi connectivity index (χ4n) is 2.20. The number of methoxy groups -OCH3 is 1. The smallest absolute Gasteiger partial charge is 0.347 e. The van der Waals surface area contributed by atoms with Crippen molar-refractivity contribution in [2.75, 3.05) is 12.4 Å². The number of thiophene rings is 1. The van der Waals surface area contributed by atoms with Crippen LogP contribution in [0.4, 0.5) is 6.01 Å². The lowest BCUT2D eigenvalue weighted by Crippen LogP contribution is -2.37. The zero-order valence-electron chi connectivity index (χ0n) is 15.3. The number of nitrogens with zero attached hydrogens (tertiary/aromatic N) is 2. The number of carbonyl (C=O) groups excluding carboxylic acids is 1. The number of carbonyl (C=O) groups is 2. The van der Waals surface area contributed by atoms with Crippen LogP contribution in [0.25, 0.3) is 10.8 Å². The van der Waals surface area contributed by atoms with Gasteiger partial charge in [0.05, 0.1) is 17.6 Å². The van der Waals surface area contributed by atoms with E-state index in [1.54, 1.807) is 0 Å². The molecule has 0 aliphatic carbocycles. The van der Waals surface area contributed by atoms with Crippen molar-refractivity contribution >= 4 is 29.2 Å². The number of nitrogens with one attached hydrogen (secondary N) is 1. The van der Waals surface area contributed by atoms with Gasteiger partial charge in [-0.2, -0.15) is 0 Å². The number of hydrogen-bond acceptors (Lipinski definition) is 8. The Hall–Kier alpha value is -3.40. The Labute approximate surface area is 163 Å². The first-order valence-corrected chi connectivity index (χ1v) is 8.97. The van der Waals surface area contributed by atoms with E-state index >= 15 is 0 Å². The van der Waals surface area contributed by atoms with Crippen LogP contribution in [-0.4, -0.2) is 39.9 Å². The van der Waals surface area contributed by atoms with Crippen molar-refractivity contribution < 1.29 is 28.6 Å². The van der Waals surface area contributed by atoms with Crippen LogP contribution >= 0.6 is 11.3 Å². The number of carboxylic acid groups (broad SMARTS) is 1. The number of hydrogen-bond donors (Lipinski definition) is 2. The first kappa shape index (κ1) is 19.4. The lowest BCUT2D eigenvalue weighted by Gasteiger charge is -2.22. The van der Waals surface area contributed by atoms with Gasteiger partial charge in [-0.25, -0.2) is 4.79 Å². The molecule has 2 aromatic heterocycles. The average Bonchev–Trinajstić information content (AvgIpc) is 3.32. The summed E-state index contributed by atoms with van der Waals surface area (Å²) in [5.41, 5.74) is -1.24. The molecule has 146 valence electrons. The summed E-state index contributed by atoms with van der Waals surface area (Å²) in [5.74, 6) is -0.891. The highest BCUT2D eigenvalue weighted by atomic mass is 32.1. The molecule has 0 spiro atoms. The Morgan fingerprint density at radius 1 is 1.25 bits per heavy atom. The summed E-state index contributed by atoms with van der Waals surface area (Å²) in [6, 6.07) is 7.99. The van der Waals surface area contributed by atoms with E-state index in [0.29, 0.717) is 5.89 Å². The molecule has 0 saturated heterocycles. The van der Waals surface area contributed by atoms with E-state index in [4.69, 9.17) is 19.0 Å². The predicted molar refractivity (Wildman–Crippen MR) is 101 cm³/mol. The third-order valence-corrected chi connectivity index (χ3v) is 4.54. The summed E-state index contributed by atoms with van der Waals surface area (Å²) < 4.78 is 16.1. The molecule has 0 aliphatic heterocycles. The van der Waals surface area contributed by atoms with E-state index in [9.17, 15) is 9.59 Å². The van der Waals surface area contributed by atoms with Crippen LogP contribution in [0.1, 0.15) is 24.2 Å². The van der Waals surface area contributed by atoms with E-state index in [-0.39, 0.29) is 23.1 Å². The molecule has 1 amide bonds. The highest BCUT2D eigenvalue weighted by Crippen LogP contribution is 2.29. The van der Waals surface area contributed by atoms with Gasteiger partial charge in [0.25, 0.3) is 11.8 Å². The van der Waals surface area contributed by atoms with Crippen molar-refractivity contribution in [1.29, 1.82) is 0 Å². The van der Waals surface area contributed by atoms with Crippen LogP contribution in [0.5, 0.6) is 11.5 Å². The molecule has 2 N–H and O–H groups in total. The van der Waals surface area contributed by atoms with E-state index < -0.39 is 17.5 Å². The van der Waals surface area contributed by atoms with Crippen molar-refractivity contribution in [3.63, 3.8) is 0 Å². The Morgan fingerprint density at radius 3 is 2.68 bits per heavy atom. The maximum Gasteiger partial charge on any atom is 0.347 e. The first-order chi connectivity index (χ1) is 13.3. The minimum Gasteiger partial charge on any atom is -0.496 e. The van der Waals surface area contributed by atoms with Gasteiger partial charge < -0.3 is 19.0 Å². The van der Waals surface area contributed by atoms with Crippen molar-refractivity contribution in [3.05, 3.63) is 41.3 Å². The van der Waals surface area contributed by atoms with E-state index in [0.717, 1.165) is 4.88 Å². The lowest BCUT2D eigenvalue weighted by atomic mass is 10.1. The van der Waals surface area contributed by atoms with Crippen molar-refractivity contribution in [2.45, 2.75) is 19.4 Å². The van der Waals surface area contributed by atoms with Crippen LogP contribution in [-0.2, 0) is 4.79 Å². The monoisotopic (exact) mass is 403 g/mol. The molecule has 9 nitrogen and oxygen atoms in total. The molecule has 0 fully saturated rings. The van der Waals surface area contributed by atoms with Gasteiger partial charge in [0.1, 0.15) is 11.5 Å². The largest absolute Gasteiger partial charge is 0.496 e. The summed E-state index contributed by atoms with van der Waals surface area (Å²) in [6.07, 6.45) is 0. The van der Waals surface area contributed by atoms with E-state index in [2.05, 4.69) is 15.5 Å². The molecule has 0 saturated carbocycles. The van der Waals surface area contributed by atoms with Crippen LogP contribution < -0.4 is 14.8 Å². The third kappa shape index (κ3) is 4.12. The maximum atomic E-state index is 12.5. The summed E-state index contributed by atoms with van der Waals surface area (Å²) in [4.78, 5) is 24.5. The van der Waals surface area contributed by atoms with Crippen LogP contribution in [0.15, 0.2) is 40.1 Å². The SMILES string of the molecule is COc1cc(OC(C)(C)C(=O)O)ccc1C(=O)Nc1nnc(-c2cccs2)o1. The molecule has 3 rings (SSSR count). The molecular weight excluding hydrogens is 386 g/mol. The van der Waals surface area contributed by atoms with Crippen molar-refractivity contribution in [2.24, 2.45) is 0 Å². The Kier molecular flexibility index (Phi) is 5.32. The number of amides is 1. The summed E-state index contributed by atoms with van der Waals surface area (Å²) in [6.45, 7) is 2.84. The van der Waals surface area contributed by atoms with Crippen LogP contribution in [0.3, 0.4) is 0 Å². The molecule has 10 heteroatoms. The fourth-order valence-corrected chi connectivity index (χ4v) is 2.84. The standard InChI is InChI=1S/C18H17N3O6S/c1-18(2,16(23)24)27-10-6-7-11(12(9-10)25-3)14(22)19-17-21-20-15(26-17)13-5-4-8-28-13/h4-9H,1-3H3,(H,23,24)(H,19,21,22). The van der Waals surface area contributed by atoms with Gasteiger partial charge >= 0.3 is 12.0 Å². The number of aliphatic carboxylic acids is 1.